The minimum absolute atomic E-state index is 0.180. The lowest BCUT2D eigenvalue weighted by atomic mass is 10.0. The van der Waals surface area contributed by atoms with E-state index in [0.29, 0.717) is 18.0 Å². The molecule has 21 heavy (non-hydrogen) atoms. The summed E-state index contributed by atoms with van der Waals surface area (Å²) in [6.45, 7) is 8.19. The van der Waals surface area contributed by atoms with Crippen LogP contribution in [0.25, 0.3) is 11.0 Å². The number of nitrogens with one attached hydrogen (secondary N) is 1. The first-order valence-corrected chi connectivity index (χ1v) is 7.28. The number of hydrogen-bond donors (Lipinski definition) is 2. The van der Waals surface area contributed by atoms with Crippen molar-refractivity contribution in [2.75, 3.05) is 5.32 Å². The van der Waals surface area contributed by atoms with Gasteiger partial charge in [0.25, 0.3) is 0 Å². The normalized spacial score (nSPS) is 13.1. The van der Waals surface area contributed by atoms with Gasteiger partial charge in [-0.05, 0) is 32.3 Å². The van der Waals surface area contributed by atoms with Gasteiger partial charge in [0.15, 0.2) is 5.65 Å². The number of carbonyl (C=O) groups excluding carboxylic acids is 1. The van der Waals surface area contributed by atoms with E-state index in [0.717, 1.165) is 11.0 Å². The van der Waals surface area contributed by atoms with Crippen LogP contribution in [0.4, 0.5) is 5.69 Å². The second-order valence-electron chi connectivity index (χ2n) is 6.05. The lowest BCUT2D eigenvalue weighted by Crippen LogP contribution is -2.36. The summed E-state index contributed by atoms with van der Waals surface area (Å²) in [5.74, 6) is 0.205. The van der Waals surface area contributed by atoms with Crippen LogP contribution in [-0.4, -0.2) is 26.7 Å². The van der Waals surface area contributed by atoms with E-state index in [1.165, 1.54) is 0 Å². The van der Waals surface area contributed by atoms with Crippen LogP contribution in [0, 0.1) is 5.92 Å². The van der Waals surface area contributed by atoms with Gasteiger partial charge in [0.1, 0.15) is 0 Å². The Kier molecular flexibility index (Phi) is 4.57. The molecule has 0 fully saturated rings. The van der Waals surface area contributed by atoms with Gasteiger partial charge in [-0.15, -0.1) is 0 Å². The monoisotopic (exact) mass is 289 g/mol. The van der Waals surface area contributed by atoms with Crippen LogP contribution >= 0.6 is 0 Å². The summed E-state index contributed by atoms with van der Waals surface area (Å²) in [4.78, 5) is 16.4. The van der Waals surface area contributed by atoms with Crippen LogP contribution < -0.4 is 11.1 Å². The third-order valence-corrected chi connectivity index (χ3v) is 3.25. The van der Waals surface area contributed by atoms with Gasteiger partial charge in [-0.3, -0.25) is 4.79 Å². The number of hydrogen-bond acceptors (Lipinski definition) is 4. The Morgan fingerprint density at radius 3 is 2.67 bits per heavy atom. The molecular formula is C15H23N5O. The Hall–Kier alpha value is -1.95. The fraction of sp³-hybridized carbons (Fsp3) is 0.533. The van der Waals surface area contributed by atoms with Crippen LogP contribution in [0.3, 0.4) is 0 Å². The summed E-state index contributed by atoms with van der Waals surface area (Å²) in [5.41, 5.74) is 7.34. The molecule has 1 amide bonds. The Morgan fingerprint density at radius 2 is 2.05 bits per heavy atom. The molecule has 0 aliphatic carbocycles. The number of nitrogens with zero attached hydrogens (tertiary/aromatic N) is 3. The first-order valence-electron chi connectivity index (χ1n) is 7.28. The van der Waals surface area contributed by atoms with Crippen molar-refractivity contribution >= 4 is 22.6 Å². The molecule has 0 saturated heterocycles. The topological polar surface area (TPSA) is 85.8 Å². The Labute approximate surface area is 124 Å². The maximum absolute atomic E-state index is 12.0. The molecule has 0 saturated carbocycles. The van der Waals surface area contributed by atoms with E-state index in [-0.39, 0.29) is 11.9 Å². The van der Waals surface area contributed by atoms with Gasteiger partial charge >= 0.3 is 0 Å². The standard InChI is InChI=1S/C15H23N5O/c1-9(2)5-13(16)15(21)19-12-6-11-7-18-20(10(3)4)14(11)17-8-12/h6-10,13H,5,16H2,1-4H3,(H,19,21)/t13-/m0/s1. The van der Waals surface area contributed by atoms with Crippen molar-refractivity contribution in [1.82, 2.24) is 14.8 Å². The third-order valence-electron chi connectivity index (χ3n) is 3.25. The Balaban J connectivity index is 2.15. The average molecular weight is 289 g/mol. The molecule has 2 heterocycles. The fourth-order valence-corrected chi connectivity index (χ4v) is 2.24. The highest BCUT2D eigenvalue weighted by Crippen LogP contribution is 2.19. The van der Waals surface area contributed by atoms with E-state index in [1.807, 2.05) is 24.6 Å². The second kappa shape index (κ2) is 6.22. The van der Waals surface area contributed by atoms with Gasteiger partial charge in [-0.1, -0.05) is 13.8 Å². The van der Waals surface area contributed by atoms with Crippen molar-refractivity contribution in [3.05, 3.63) is 18.5 Å². The van der Waals surface area contributed by atoms with Gasteiger partial charge in [-0.25, -0.2) is 9.67 Å². The van der Waals surface area contributed by atoms with Crippen molar-refractivity contribution in [2.45, 2.75) is 46.2 Å². The highest BCUT2D eigenvalue weighted by Gasteiger charge is 2.16. The summed E-state index contributed by atoms with van der Waals surface area (Å²) < 4.78 is 1.85. The largest absolute Gasteiger partial charge is 0.323 e. The van der Waals surface area contributed by atoms with Gasteiger partial charge in [0.05, 0.1) is 24.1 Å². The molecule has 2 aromatic heterocycles. The van der Waals surface area contributed by atoms with Gasteiger partial charge < -0.3 is 11.1 Å². The minimum Gasteiger partial charge on any atom is -0.323 e. The second-order valence-corrected chi connectivity index (χ2v) is 6.05. The molecule has 6 heteroatoms. The van der Waals surface area contributed by atoms with E-state index in [1.54, 1.807) is 12.4 Å². The summed E-state index contributed by atoms with van der Waals surface area (Å²) in [5, 5.41) is 8.02. The van der Waals surface area contributed by atoms with Crippen LogP contribution in [0.2, 0.25) is 0 Å². The Bertz CT molecular complexity index is 632. The molecule has 0 spiro atoms. The number of carbonyl (C=O) groups is 1. The highest BCUT2D eigenvalue weighted by molar-refractivity contribution is 5.95. The van der Waals surface area contributed by atoms with Gasteiger partial charge in [-0.2, -0.15) is 5.10 Å². The van der Waals surface area contributed by atoms with E-state index < -0.39 is 6.04 Å². The molecule has 0 radical (unpaired) electrons. The lowest BCUT2D eigenvalue weighted by Gasteiger charge is -2.14. The molecule has 0 bridgehead atoms. The number of aromatic nitrogens is 3. The molecule has 114 valence electrons. The highest BCUT2D eigenvalue weighted by atomic mass is 16.2. The molecule has 3 N–H and O–H groups in total. The molecule has 0 aromatic carbocycles. The molecule has 2 aromatic rings. The number of anilines is 1. The molecule has 0 aliphatic rings. The fourth-order valence-electron chi connectivity index (χ4n) is 2.24. The van der Waals surface area contributed by atoms with Crippen LogP contribution in [0.1, 0.15) is 40.2 Å². The van der Waals surface area contributed by atoms with Gasteiger partial charge in [0.2, 0.25) is 5.91 Å². The van der Waals surface area contributed by atoms with Crippen LogP contribution in [0.15, 0.2) is 18.5 Å². The summed E-state index contributed by atoms with van der Waals surface area (Å²) in [6.07, 6.45) is 4.06. The zero-order chi connectivity index (χ0) is 15.6. The molecule has 0 unspecified atom stereocenters. The molecule has 2 rings (SSSR count). The van der Waals surface area contributed by atoms with Crippen LogP contribution in [-0.2, 0) is 4.79 Å². The van der Waals surface area contributed by atoms with E-state index in [4.69, 9.17) is 5.73 Å². The smallest absolute Gasteiger partial charge is 0.241 e. The van der Waals surface area contributed by atoms with Crippen molar-refractivity contribution in [2.24, 2.45) is 11.7 Å². The number of rotatable bonds is 5. The van der Waals surface area contributed by atoms with Crippen molar-refractivity contribution in [3.63, 3.8) is 0 Å². The molecule has 0 aliphatic heterocycles. The average Bonchev–Trinajstić information content (AvgIpc) is 2.80. The third kappa shape index (κ3) is 3.58. The lowest BCUT2D eigenvalue weighted by molar-refractivity contribution is -0.117. The van der Waals surface area contributed by atoms with Gasteiger partial charge in [0, 0.05) is 11.4 Å². The zero-order valence-electron chi connectivity index (χ0n) is 13.0. The predicted octanol–water partition coefficient (Wildman–Crippen LogP) is 2.32. The number of fused-ring (bicyclic) bond motifs is 1. The van der Waals surface area contributed by atoms with Crippen molar-refractivity contribution in [1.29, 1.82) is 0 Å². The molecule has 6 nitrogen and oxygen atoms in total. The van der Waals surface area contributed by atoms with E-state index in [2.05, 4.69) is 29.2 Å². The van der Waals surface area contributed by atoms with E-state index >= 15 is 0 Å². The first kappa shape index (κ1) is 15.4. The first-order chi connectivity index (χ1) is 9.88. The number of nitrogens with two attached hydrogens (primary N) is 1. The maximum Gasteiger partial charge on any atom is 0.241 e. The number of amides is 1. The SMILES string of the molecule is CC(C)C[C@H](N)C(=O)Nc1cnc2c(cnn2C(C)C)c1. The summed E-state index contributed by atoms with van der Waals surface area (Å²) in [7, 11) is 0. The quantitative estimate of drug-likeness (QED) is 0.884. The van der Waals surface area contributed by atoms with Crippen molar-refractivity contribution in [3.8, 4) is 0 Å². The maximum atomic E-state index is 12.0. The number of pyridine rings is 1. The van der Waals surface area contributed by atoms with E-state index in [9.17, 15) is 4.79 Å². The predicted molar refractivity (Wildman–Crippen MR) is 84.0 cm³/mol. The zero-order valence-corrected chi connectivity index (χ0v) is 13.0. The summed E-state index contributed by atoms with van der Waals surface area (Å²) in [6, 6.07) is 1.61. The van der Waals surface area contributed by atoms with Crippen LogP contribution in [0.5, 0.6) is 0 Å². The minimum atomic E-state index is -0.501. The van der Waals surface area contributed by atoms with Crippen molar-refractivity contribution < 1.29 is 4.79 Å². The molecular weight excluding hydrogens is 266 g/mol. The Morgan fingerprint density at radius 1 is 1.33 bits per heavy atom. The summed E-state index contributed by atoms with van der Waals surface area (Å²) >= 11 is 0. The molecule has 1 atom stereocenters.